The summed E-state index contributed by atoms with van der Waals surface area (Å²) in [5.74, 6) is 0.535. The largest absolute Gasteiger partial charge is 0.359 e. The van der Waals surface area contributed by atoms with Crippen LogP contribution in [-0.4, -0.2) is 25.7 Å². The van der Waals surface area contributed by atoms with Gasteiger partial charge in [0, 0.05) is 21.1 Å². The van der Waals surface area contributed by atoms with Crippen molar-refractivity contribution < 1.29 is 0 Å². The Morgan fingerprint density at radius 1 is 0.967 bits per heavy atom. The third-order valence-corrected chi connectivity index (χ3v) is 5.35. The number of hydrogen-bond donors (Lipinski definition) is 1. The highest BCUT2D eigenvalue weighted by Gasteiger charge is 2.18. The van der Waals surface area contributed by atoms with Crippen LogP contribution in [0.15, 0.2) is 64.7 Å². The summed E-state index contributed by atoms with van der Waals surface area (Å²) in [6, 6.07) is 16.4. The number of anilines is 1. The summed E-state index contributed by atoms with van der Waals surface area (Å²) in [4.78, 5) is 29.5. The molecule has 0 saturated carbocycles. The van der Waals surface area contributed by atoms with Crippen LogP contribution >= 0.6 is 0 Å². The Labute approximate surface area is 173 Å². The molecule has 4 rings (SSSR count). The highest BCUT2D eigenvalue weighted by atomic mass is 16.2. The monoisotopic (exact) mass is 401 g/mol. The first-order valence-electron chi connectivity index (χ1n) is 9.60. The van der Waals surface area contributed by atoms with Crippen molar-refractivity contribution in [3.05, 3.63) is 87.1 Å². The van der Waals surface area contributed by atoms with Crippen LogP contribution < -0.4 is 16.6 Å². The molecule has 30 heavy (non-hydrogen) atoms. The van der Waals surface area contributed by atoms with Gasteiger partial charge in [-0.2, -0.15) is 4.98 Å². The molecule has 2 heterocycles. The Hall–Kier alpha value is -3.87. The highest BCUT2D eigenvalue weighted by molar-refractivity contribution is 5.74. The van der Waals surface area contributed by atoms with Crippen LogP contribution in [0, 0.1) is 0 Å². The molecule has 2 aromatic carbocycles. The Bertz CT molecular complexity index is 1360. The lowest BCUT2D eigenvalue weighted by Crippen LogP contribution is -2.37. The average Bonchev–Trinajstić information content (AvgIpc) is 3.15. The normalized spacial score (nSPS) is 11.0. The number of aryl methyl sites for hydroxylation is 1. The first-order chi connectivity index (χ1) is 14.4. The van der Waals surface area contributed by atoms with Gasteiger partial charge in [0.25, 0.3) is 5.56 Å². The van der Waals surface area contributed by atoms with Gasteiger partial charge >= 0.3 is 5.69 Å². The SMILES string of the molecule is C=Cc1ccc(-c2ccc(Cn3c(NC)nc4c3c(=O)n(C)c(=O)n4C)cc2)cc1. The van der Waals surface area contributed by atoms with Gasteiger partial charge in [-0.3, -0.25) is 18.5 Å². The predicted molar refractivity (Wildman–Crippen MR) is 121 cm³/mol. The summed E-state index contributed by atoms with van der Waals surface area (Å²) in [7, 11) is 4.84. The zero-order valence-corrected chi connectivity index (χ0v) is 17.2. The molecule has 2 aromatic heterocycles. The van der Waals surface area contributed by atoms with Crippen molar-refractivity contribution in [1.29, 1.82) is 0 Å². The first kappa shape index (κ1) is 19.4. The van der Waals surface area contributed by atoms with E-state index in [0.29, 0.717) is 23.7 Å². The van der Waals surface area contributed by atoms with E-state index in [9.17, 15) is 9.59 Å². The van der Waals surface area contributed by atoms with Crippen LogP contribution in [0.25, 0.3) is 28.4 Å². The lowest BCUT2D eigenvalue weighted by atomic mass is 10.0. The van der Waals surface area contributed by atoms with Crippen molar-refractivity contribution in [2.24, 2.45) is 14.1 Å². The molecule has 0 aliphatic rings. The van der Waals surface area contributed by atoms with Gasteiger partial charge in [-0.1, -0.05) is 61.2 Å². The molecular weight excluding hydrogens is 378 g/mol. The molecule has 0 fully saturated rings. The van der Waals surface area contributed by atoms with Gasteiger partial charge in [-0.05, 0) is 22.3 Å². The summed E-state index contributed by atoms with van der Waals surface area (Å²) in [6.07, 6.45) is 1.82. The van der Waals surface area contributed by atoms with E-state index >= 15 is 0 Å². The van der Waals surface area contributed by atoms with Crippen molar-refractivity contribution in [2.75, 3.05) is 12.4 Å². The number of benzene rings is 2. The maximum absolute atomic E-state index is 12.8. The van der Waals surface area contributed by atoms with E-state index in [1.807, 2.05) is 34.9 Å². The smallest absolute Gasteiger partial charge is 0.332 e. The van der Waals surface area contributed by atoms with E-state index in [1.54, 1.807) is 14.1 Å². The average molecular weight is 401 g/mol. The number of hydrogen-bond acceptors (Lipinski definition) is 4. The third kappa shape index (κ3) is 3.14. The van der Waals surface area contributed by atoms with Crippen molar-refractivity contribution in [3.8, 4) is 11.1 Å². The Balaban J connectivity index is 1.74. The highest BCUT2D eigenvalue weighted by Crippen LogP contribution is 2.22. The van der Waals surface area contributed by atoms with Crippen molar-refractivity contribution >= 4 is 23.2 Å². The topological polar surface area (TPSA) is 73.8 Å². The number of rotatable bonds is 5. The molecule has 1 N–H and O–H groups in total. The van der Waals surface area contributed by atoms with Crippen LogP contribution in [0.1, 0.15) is 11.1 Å². The number of fused-ring (bicyclic) bond motifs is 1. The molecule has 0 spiro atoms. The minimum absolute atomic E-state index is 0.360. The Morgan fingerprint density at radius 2 is 1.57 bits per heavy atom. The second kappa shape index (κ2) is 7.51. The first-order valence-corrected chi connectivity index (χ1v) is 9.60. The fourth-order valence-corrected chi connectivity index (χ4v) is 3.59. The minimum atomic E-state index is -0.397. The van der Waals surface area contributed by atoms with E-state index in [0.717, 1.165) is 26.8 Å². The summed E-state index contributed by atoms with van der Waals surface area (Å²) >= 11 is 0. The molecule has 7 heteroatoms. The van der Waals surface area contributed by atoms with Gasteiger partial charge in [-0.25, -0.2) is 4.79 Å². The second-order valence-electron chi connectivity index (χ2n) is 7.17. The van der Waals surface area contributed by atoms with Gasteiger partial charge in [0.1, 0.15) is 0 Å². The maximum atomic E-state index is 12.8. The van der Waals surface area contributed by atoms with E-state index in [4.69, 9.17) is 0 Å². The second-order valence-corrected chi connectivity index (χ2v) is 7.17. The number of nitrogens with zero attached hydrogens (tertiary/aromatic N) is 4. The van der Waals surface area contributed by atoms with Gasteiger partial charge in [-0.15, -0.1) is 0 Å². The molecule has 4 aromatic rings. The van der Waals surface area contributed by atoms with E-state index in [2.05, 4.69) is 41.1 Å². The van der Waals surface area contributed by atoms with Crippen LogP contribution in [0.5, 0.6) is 0 Å². The Kier molecular flexibility index (Phi) is 4.87. The molecule has 0 aliphatic heterocycles. The molecule has 0 amide bonds. The Morgan fingerprint density at radius 3 is 2.13 bits per heavy atom. The van der Waals surface area contributed by atoms with E-state index in [1.165, 1.54) is 11.6 Å². The predicted octanol–water partition coefficient (Wildman–Crippen LogP) is 2.83. The molecule has 7 nitrogen and oxygen atoms in total. The molecule has 0 unspecified atom stereocenters. The summed E-state index contributed by atoms with van der Waals surface area (Å²) < 4.78 is 4.31. The van der Waals surface area contributed by atoms with Gasteiger partial charge in [0.05, 0.1) is 6.54 Å². The minimum Gasteiger partial charge on any atom is -0.359 e. The summed E-state index contributed by atoms with van der Waals surface area (Å²) in [6.45, 7) is 4.24. The van der Waals surface area contributed by atoms with Gasteiger partial charge in [0.15, 0.2) is 11.2 Å². The number of nitrogens with one attached hydrogen (secondary N) is 1. The van der Waals surface area contributed by atoms with Crippen LogP contribution in [0.2, 0.25) is 0 Å². The van der Waals surface area contributed by atoms with E-state index in [-0.39, 0.29) is 5.56 Å². The molecule has 152 valence electrons. The number of imidazole rings is 1. The van der Waals surface area contributed by atoms with Crippen molar-refractivity contribution in [1.82, 2.24) is 18.7 Å². The fourth-order valence-electron chi connectivity index (χ4n) is 3.59. The van der Waals surface area contributed by atoms with Crippen LogP contribution in [-0.2, 0) is 20.6 Å². The summed E-state index contributed by atoms with van der Waals surface area (Å²) in [5.41, 5.74) is 4.34. The zero-order valence-electron chi connectivity index (χ0n) is 17.2. The summed E-state index contributed by atoms with van der Waals surface area (Å²) in [5, 5.41) is 3.03. The van der Waals surface area contributed by atoms with Crippen molar-refractivity contribution in [2.45, 2.75) is 6.54 Å². The molecule has 0 aliphatic carbocycles. The maximum Gasteiger partial charge on any atom is 0.332 e. The standard InChI is InChI=1S/C23H23N5O2/c1-5-15-6-10-17(11-7-15)18-12-8-16(9-13-18)14-28-19-20(25-22(28)24-2)26(3)23(30)27(4)21(19)29/h5-13H,1,14H2,2-4H3,(H,24,25). The van der Waals surface area contributed by atoms with E-state index < -0.39 is 5.69 Å². The molecule has 0 radical (unpaired) electrons. The molecule has 0 bridgehead atoms. The third-order valence-electron chi connectivity index (χ3n) is 5.35. The van der Waals surface area contributed by atoms with Gasteiger partial charge in [0.2, 0.25) is 5.95 Å². The number of aromatic nitrogens is 4. The molecular formula is C23H23N5O2. The molecule has 0 atom stereocenters. The van der Waals surface area contributed by atoms with Crippen LogP contribution in [0.3, 0.4) is 0 Å². The zero-order chi connectivity index (χ0) is 21.4. The van der Waals surface area contributed by atoms with Gasteiger partial charge < -0.3 is 5.32 Å². The lowest BCUT2D eigenvalue weighted by molar-refractivity contribution is 0.702. The lowest BCUT2D eigenvalue weighted by Gasteiger charge is -2.10. The van der Waals surface area contributed by atoms with Crippen molar-refractivity contribution in [3.63, 3.8) is 0 Å². The molecule has 0 saturated heterocycles. The quantitative estimate of drug-likeness (QED) is 0.558. The fraction of sp³-hybridized carbons (Fsp3) is 0.174. The van der Waals surface area contributed by atoms with Crippen LogP contribution in [0.4, 0.5) is 5.95 Å².